The third-order valence-corrected chi connectivity index (χ3v) is 5.14. The van der Waals surface area contributed by atoms with Crippen LogP contribution < -0.4 is 20.1 Å². The molecule has 0 aromatic heterocycles. The van der Waals surface area contributed by atoms with Crippen LogP contribution in [0.2, 0.25) is 0 Å². The third kappa shape index (κ3) is 5.40. The van der Waals surface area contributed by atoms with Gasteiger partial charge < -0.3 is 20.1 Å². The summed E-state index contributed by atoms with van der Waals surface area (Å²) in [6, 6.07) is 15.8. The van der Waals surface area contributed by atoms with Gasteiger partial charge in [0.25, 0.3) is 0 Å². The van der Waals surface area contributed by atoms with E-state index in [9.17, 15) is 4.79 Å². The highest BCUT2D eigenvalue weighted by Crippen LogP contribution is 2.29. The Bertz CT molecular complexity index is 736. The SMILES string of the molecule is COc1cccc(C(NC(=O)[C@H]2CCN[C@@H](C)C2)c2cccc(OC)c2)c1.Cl. The van der Waals surface area contributed by atoms with Gasteiger partial charge in [0.2, 0.25) is 5.91 Å². The van der Waals surface area contributed by atoms with Crippen LogP contribution in [-0.2, 0) is 4.79 Å². The maximum atomic E-state index is 13.0. The van der Waals surface area contributed by atoms with Gasteiger partial charge >= 0.3 is 0 Å². The molecule has 0 unspecified atom stereocenters. The summed E-state index contributed by atoms with van der Waals surface area (Å²) >= 11 is 0. The van der Waals surface area contributed by atoms with E-state index >= 15 is 0 Å². The van der Waals surface area contributed by atoms with Crippen molar-refractivity contribution in [2.24, 2.45) is 5.92 Å². The number of halogens is 1. The maximum absolute atomic E-state index is 13.0. The van der Waals surface area contributed by atoms with Crippen molar-refractivity contribution in [3.8, 4) is 11.5 Å². The Balaban J connectivity index is 0.00000280. The average Bonchev–Trinajstić information content (AvgIpc) is 2.71. The number of hydrogen-bond acceptors (Lipinski definition) is 4. The van der Waals surface area contributed by atoms with Crippen molar-refractivity contribution in [3.05, 3.63) is 59.7 Å². The molecule has 1 amide bonds. The summed E-state index contributed by atoms with van der Waals surface area (Å²) in [5.74, 6) is 1.66. The van der Waals surface area contributed by atoms with Gasteiger partial charge in [0.15, 0.2) is 0 Å². The second kappa shape index (κ2) is 10.3. The van der Waals surface area contributed by atoms with Crippen molar-refractivity contribution in [1.29, 1.82) is 0 Å². The molecule has 1 heterocycles. The molecule has 152 valence electrons. The molecule has 0 radical (unpaired) electrons. The van der Waals surface area contributed by atoms with Crippen LogP contribution in [0.5, 0.6) is 11.5 Å². The molecule has 2 atom stereocenters. The van der Waals surface area contributed by atoms with Gasteiger partial charge in [-0.25, -0.2) is 0 Å². The van der Waals surface area contributed by atoms with Gasteiger partial charge in [0.05, 0.1) is 20.3 Å². The van der Waals surface area contributed by atoms with E-state index in [1.165, 1.54) is 0 Å². The first kappa shape index (κ1) is 22.1. The van der Waals surface area contributed by atoms with Crippen LogP contribution in [0.4, 0.5) is 0 Å². The van der Waals surface area contributed by atoms with Crippen molar-refractivity contribution < 1.29 is 14.3 Å². The molecule has 0 aliphatic carbocycles. The third-order valence-electron chi connectivity index (χ3n) is 5.14. The first-order chi connectivity index (χ1) is 13.1. The summed E-state index contributed by atoms with van der Waals surface area (Å²) in [6.45, 7) is 3.00. The number of carbonyl (C=O) groups excluding carboxylic acids is 1. The summed E-state index contributed by atoms with van der Waals surface area (Å²) in [5.41, 5.74) is 1.97. The maximum Gasteiger partial charge on any atom is 0.223 e. The minimum Gasteiger partial charge on any atom is -0.497 e. The smallest absolute Gasteiger partial charge is 0.223 e. The van der Waals surface area contributed by atoms with Gasteiger partial charge in [-0.15, -0.1) is 12.4 Å². The molecule has 1 aliphatic heterocycles. The molecule has 2 N–H and O–H groups in total. The molecule has 1 aliphatic rings. The standard InChI is InChI=1S/C22H28N2O3.ClH/c1-15-12-18(10-11-23-15)22(25)24-21(16-6-4-8-19(13-16)26-2)17-7-5-9-20(14-17)27-3;/h4-9,13-15,18,21,23H,10-12H2,1-3H3,(H,24,25);1H/t15-,18-;/m0./s1. The predicted octanol–water partition coefficient (Wildman–Crippen LogP) is 3.72. The van der Waals surface area contributed by atoms with Gasteiger partial charge in [-0.3, -0.25) is 4.79 Å². The molecule has 2 aromatic rings. The minimum absolute atomic E-state index is 0. The normalized spacial score (nSPS) is 18.9. The second-order valence-electron chi connectivity index (χ2n) is 7.07. The molecule has 0 bridgehead atoms. The quantitative estimate of drug-likeness (QED) is 0.770. The van der Waals surface area contributed by atoms with Crippen molar-refractivity contribution in [2.75, 3.05) is 20.8 Å². The number of piperidine rings is 1. The second-order valence-corrected chi connectivity index (χ2v) is 7.07. The number of ether oxygens (including phenoxy) is 2. The van der Waals surface area contributed by atoms with Crippen LogP contribution in [0.3, 0.4) is 0 Å². The first-order valence-electron chi connectivity index (χ1n) is 9.42. The highest BCUT2D eigenvalue weighted by molar-refractivity contribution is 5.85. The fourth-order valence-electron chi connectivity index (χ4n) is 3.63. The largest absolute Gasteiger partial charge is 0.497 e. The van der Waals surface area contributed by atoms with Gasteiger partial charge in [-0.05, 0) is 61.7 Å². The van der Waals surface area contributed by atoms with Crippen molar-refractivity contribution in [1.82, 2.24) is 10.6 Å². The van der Waals surface area contributed by atoms with E-state index in [0.29, 0.717) is 6.04 Å². The lowest BCUT2D eigenvalue weighted by atomic mass is 9.91. The van der Waals surface area contributed by atoms with Gasteiger partial charge in [-0.1, -0.05) is 24.3 Å². The van der Waals surface area contributed by atoms with Crippen molar-refractivity contribution in [3.63, 3.8) is 0 Å². The van der Waals surface area contributed by atoms with E-state index in [2.05, 4.69) is 17.6 Å². The highest BCUT2D eigenvalue weighted by atomic mass is 35.5. The number of nitrogens with one attached hydrogen (secondary N) is 2. The molecule has 0 spiro atoms. The summed E-state index contributed by atoms with van der Waals surface area (Å²) < 4.78 is 10.8. The van der Waals surface area contributed by atoms with Crippen LogP contribution in [0.1, 0.15) is 36.9 Å². The zero-order chi connectivity index (χ0) is 19.2. The lowest BCUT2D eigenvalue weighted by Gasteiger charge is -2.29. The number of benzene rings is 2. The number of carbonyl (C=O) groups is 1. The van der Waals surface area contributed by atoms with Gasteiger partial charge in [0.1, 0.15) is 11.5 Å². The number of hydrogen-bond donors (Lipinski definition) is 2. The Morgan fingerprint density at radius 2 is 1.64 bits per heavy atom. The molecule has 2 aromatic carbocycles. The zero-order valence-corrected chi connectivity index (χ0v) is 17.4. The van der Waals surface area contributed by atoms with E-state index < -0.39 is 0 Å². The van der Waals surface area contributed by atoms with Crippen LogP contribution >= 0.6 is 12.4 Å². The van der Waals surface area contributed by atoms with E-state index in [-0.39, 0.29) is 30.3 Å². The molecule has 5 nitrogen and oxygen atoms in total. The highest BCUT2D eigenvalue weighted by Gasteiger charge is 2.27. The first-order valence-corrected chi connectivity index (χ1v) is 9.42. The summed E-state index contributed by atoms with van der Waals surface area (Å²) in [7, 11) is 3.29. The summed E-state index contributed by atoms with van der Waals surface area (Å²) in [5, 5.41) is 6.67. The van der Waals surface area contributed by atoms with E-state index in [1.807, 2.05) is 48.5 Å². The molecule has 28 heavy (non-hydrogen) atoms. The van der Waals surface area contributed by atoms with Crippen LogP contribution in [-0.4, -0.2) is 32.7 Å². The monoisotopic (exact) mass is 404 g/mol. The Kier molecular flexibility index (Phi) is 8.15. The van der Waals surface area contributed by atoms with Crippen molar-refractivity contribution >= 4 is 18.3 Å². The average molecular weight is 405 g/mol. The van der Waals surface area contributed by atoms with Crippen LogP contribution in [0.25, 0.3) is 0 Å². The number of rotatable bonds is 6. The van der Waals surface area contributed by atoms with E-state index in [0.717, 1.165) is 42.0 Å². The summed E-state index contributed by atoms with van der Waals surface area (Å²) in [4.78, 5) is 13.0. The molecule has 0 saturated carbocycles. The molecule has 6 heteroatoms. The van der Waals surface area contributed by atoms with E-state index in [1.54, 1.807) is 14.2 Å². The lowest BCUT2D eigenvalue weighted by molar-refractivity contribution is -0.126. The Hall–Kier alpha value is -2.24. The summed E-state index contributed by atoms with van der Waals surface area (Å²) in [6.07, 6.45) is 1.72. The number of amides is 1. The van der Waals surface area contributed by atoms with Crippen LogP contribution in [0.15, 0.2) is 48.5 Å². The van der Waals surface area contributed by atoms with Crippen molar-refractivity contribution in [2.45, 2.75) is 31.8 Å². The zero-order valence-electron chi connectivity index (χ0n) is 16.6. The van der Waals surface area contributed by atoms with Gasteiger partial charge in [-0.2, -0.15) is 0 Å². The predicted molar refractivity (Wildman–Crippen MR) is 113 cm³/mol. The molecule has 1 fully saturated rings. The van der Waals surface area contributed by atoms with E-state index in [4.69, 9.17) is 9.47 Å². The topological polar surface area (TPSA) is 59.6 Å². The fourth-order valence-corrected chi connectivity index (χ4v) is 3.63. The minimum atomic E-state index is -0.257. The van der Waals surface area contributed by atoms with Gasteiger partial charge in [0, 0.05) is 12.0 Å². The number of methoxy groups -OCH3 is 2. The lowest BCUT2D eigenvalue weighted by Crippen LogP contribution is -2.43. The Labute approximate surface area is 173 Å². The molecule has 1 saturated heterocycles. The molecular formula is C22H29ClN2O3. The Morgan fingerprint density at radius 1 is 1.07 bits per heavy atom. The fraction of sp³-hybridized carbons (Fsp3) is 0.409. The van der Waals surface area contributed by atoms with Crippen LogP contribution in [0, 0.1) is 5.92 Å². The molecule has 3 rings (SSSR count). The Morgan fingerprint density at radius 3 is 2.14 bits per heavy atom. The molecular weight excluding hydrogens is 376 g/mol.